The Kier molecular flexibility index (Phi) is 4.84. The lowest BCUT2D eigenvalue weighted by Crippen LogP contribution is -2.51. The monoisotopic (exact) mass is 288 g/mol. The van der Waals surface area contributed by atoms with E-state index in [0.29, 0.717) is 19.1 Å². The molecular formula is C13H24N2O3S. The van der Waals surface area contributed by atoms with Crippen LogP contribution in [0.25, 0.3) is 0 Å². The Hall–Kier alpha value is -0.620. The van der Waals surface area contributed by atoms with Crippen LogP contribution in [-0.2, 0) is 14.6 Å². The maximum atomic E-state index is 12.1. The van der Waals surface area contributed by atoms with Crippen LogP contribution in [0.4, 0.5) is 0 Å². The summed E-state index contributed by atoms with van der Waals surface area (Å²) in [5.74, 6) is 0.00404. The lowest BCUT2D eigenvalue weighted by atomic mass is 10.2. The molecule has 1 aliphatic carbocycles. The summed E-state index contributed by atoms with van der Waals surface area (Å²) in [4.78, 5) is 13.8. The van der Waals surface area contributed by atoms with Crippen molar-refractivity contribution in [2.75, 3.05) is 25.4 Å². The van der Waals surface area contributed by atoms with Gasteiger partial charge < -0.3 is 10.2 Å². The maximum Gasteiger partial charge on any atom is 0.223 e. The van der Waals surface area contributed by atoms with Crippen molar-refractivity contribution in [1.82, 2.24) is 10.2 Å². The minimum absolute atomic E-state index is 0.0186. The van der Waals surface area contributed by atoms with Gasteiger partial charge in [-0.25, -0.2) is 8.42 Å². The van der Waals surface area contributed by atoms with E-state index < -0.39 is 9.84 Å². The fraction of sp³-hybridized carbons (Fsp3) is 0.923. The fourth-order valence-electron chi connectivity index (χ4n) is 2.96. The molecule has 19 heavy (non-hydrogen) atoms. The summed E-state index contributed by atoms with van der Waals surface area (Å²) >= 11 is 0. The largest absolute Gasteiger partial charge is 0.340 e. The smallest absolute Gasteiger partial charge is 0.223 e. The highest BCUT2D eigenvalue weighted by atomic mass is 32.2. The number of carbonyl (C=O) groups excluding carboxylic acids is 1. The van der Waals surface area contributed by atoms with E-state index in [0.717, 1.165) is 32.2 Å². The zero-order valence-corrected chi connectivity index (χ0v) is 12.4. The predicted octanol–water partition coefficient (Wildman–Crippen LogP) is 0.554. The summed E-state index contributed by atoms with van der Waals surface area (Å²) in [5.41, 5.74) is 0. The van der Waals surface area contributed by atoms with Crippen molar-refractivity contribution in [3.63, 3.8) is 0 Å². The van der Waals surface area contributed by atoms with E-state index in [9.17, 15) is 13.2 Å². The van der Waals surface area contributed by atoms with Gasteiger partial charge in [-0.15, -0.1) is 0 Å². The van der Waals surface area contributed by atoms with Gasteiger partial charge in [0.2, 0.25) is 5.91 Å². The molecule has 0 bridgehead atoms. The van der Waals surface area contributed by atoms with Gasteiger partial charge in [0.25, 0.3) is 0 Å². The molecule has 1 atom stereocenters. The summed E-state index contributed by atoms with van der Waals surface area (Å²) in [7, 11) is -3.07. The van der Waals surface area contributed by atoms with E-state index in [1.807, 2.05) is 6.92 Å². The number of amides is 1. The van der Waals surface area contributed by atoms with Crippen molar-refractivity contribution in [2.45, 2.75) is 50.3 Å². The minimum Gasteiger partial charge on any atom is -0.340 e. The van der Waals surface area contributed by atoms with Crippen LogP contribution in [0.2, 0.25) is 0 Å². The van der Waals surface area contributed by atoms with Crippen LogP contribution in [0.3, 0.4) is 0 Å². The summed E-state index contributed by atoms with van der Waals surface area (Å²) in [6.45, 7) is 4.20. The normalized spacial score (nSPS) is 25.7. The van der Waals surface area contributed by atoms with Gasteiger partial charge in [-0.1, -0.05) is 12.8 Å². The third kappa shape index (κ3) is 3.92. The average Bonchev–Trinajstić information content (AvgIpc) is 2.90. The van der Waals surface area contributed by atoms with Gasteiger partial charge in [-0.05, 0) is 19.8 Å². The summed E-state index contributed by atoms with van der Waals surface area (Å²) in [6.07, 6.45) is 3.72. The highest BCUT2D eigenvalue weighted by Crippen LogP contribution is 2.25. The molecule has 1 amide bonds. The molecule has 2 fully saturated rings. The van der Waals surface area contributed by atoms with Crippen LogP contribution in [0.1, 0.15) is 39.0 Å². The lowest BCUT2D eigenvalue weighted by molar-refractivity contribution is -0.131. The molecule has 1 saturated heterocycles. The molecule has 1 saturated carbocycles. The second-order valence-corrected chi connectivity index (χ2v) is 8.12. The highest BCUT2D eigenvalue weighted by Gasteiger charge is 2.30. The van der Waals surface area contributed by atoms with E-state index in [-0.39, 0.29) is 23.3 Å². The van der Waals surface area contributed by atoms with Gasteiger partial charge in [0.05, 0.1) is 11.0 Å². The van der Waals surface area contributed by atoms with Crippen molar-refractivity contribution in [3.8, 4) is 0 Å². The Morgan fingerprint density at radius 2 is 2.00 bits per heavy atom. The van der Waals surface area contributed by atoms with E-state index >= 15 is 0 Å². The van der Waals surface area contributed by atoms with Crippen molar-refractivity contribution >= 4 is 15.7 Å². The predicted molar refractivity (Wildman–Crippen MR) is 74.7 cm³/mol. The molecule has 6 heteroatoms. The van der Waals surface area contributed by atoms with Crippen LogP contribution in [0.5, 0.6) is 0 Å². The summed E-state index contributed by atoms with van der Waals surface area (Å²) in [6, 6.07) is 0.295. The van der Waals surface area contributed by atoms with E-state index in [4.69, 9.17) is 0 Å². The molecule has 1 aliphatic heterocycles. The van der Waals surface area contributed by atoms with Crippen molar-refractivity contribution in [3.05, 3.63) is 0 Å². The van der Waals surface area contributed by atoms with Gasteiger partial charge in [-0.3, -0.25) is 4.79 Å². The van der Waals surface area contributed by atoms with Crippen LogP contribution in [0.15, 0.2) is 0 Å². The Bertz CT molecular complexity index is 416. The first-order chi connectivity index (χ1) is 8.99. The third-order valence-electron chi connectivity index (χ3n) is 4.13. The quantitative estimate of drug-likeness (QED) is 0.820. The van der Waals surface area contributed by atoms with Crippen LogP contribution < -0.4 is 5.32 Å². The molecule has 2 aliphatic rings. The SMILES string of the molecule is CC1CN(C(=O)CCS(=O)(=O)C2CCCC2)CCN1. The number of nitrogens with zero attached hydrogens (tertiary/aromatic N) is 1. The Morgan fingerprint density at radius 3 is 2.63 bits per heavy atom. The van der Waals surface area contributed by atoms with Crippen LogP contribution in [0, 0.1) is 0 Å². The van der Waals surface area contributed by atoms with Gasteiger partial charge >= 0.3 is 0 Å². The molecule has 1 unspecified atom stereocenters. The van der Waals surface area contributed by atoms with Crippen LogP contribution >= 0.6 is 0 Å². The molecule has 0 radical (unpaired) electrons. The molecule has 1 heterocycles. The first-order valence-electron chi connectivity index (χ1n) is 7.22. The molecule has 0 aromatic heterocycles. The molecule has 0 aromatic carbocycles. The topological polar surface area (TPSA) is 66.5 Å². The zero-order chi connectivity index (χ0) is 13.9. The average molecular weight is 288 g/mol. The molecule has 0 spiro atoms. The Balaban J connectivity index is 1.82. The number of rotatable bonds is 4. The standard InChI is InChI=1S/C13H24N2O3S/c1-11-10-15(8-7-14-11)13(16)6-9-19(17,18)12-4-2-3-5-12/h11-12,14H,2-10H2,1H3. The number of sulfone groups is 1. The first-order valence-corrected chi connectivity index (χ1v) is 8.93. The molecule has 0 aromatic rings. The maximum absolute atomic E-state index is 12.1. The second-order valence-electron chi connectivity index (χ2n) is 5.72. The first kappa shape index (κ1) is 14.8. The van der Waals surface area contributed by atoms with Gasteiger partial charge in [0.1, 0.15) is 0 Å². The second kappa shape index (κ2) is 6.22. The molecule has 5 nitrogen and oxygen atoms in total. The number of hydrogen-bond acceptors (Lipinski definition) is 4. The number of hydrogen-bond donors (Lipinski definition) is 1. The summed E-state index contributed by atoms with van der Waals surface area (Å²) in [5, 5.41) is 3.08. The molecule has 1 N–H and O–H groups in total. The number of piperazine rings is 1. The van der Waals surface area contributed by atoms with Crippen molar-refractivity contribution < 1.29 is 13.2 Å². The highest BCUT2D eigenvalue weighted by molar-refractivity contribution is 7.92. The van der Waals surface area contributed by atoms with Crippen molar-refractivity contribution in [2.24, 2.45) is 0 Å². The molecular weight excluding hydrogens is 264 g/mol. The minimum atomic E-state index is -3.07. The Labute approximate surface area is 115 Å². The van der Waals surface area contributed by atoms with Gasteiger partial charge in [0, 0.05) is 32.1 Å². The fourth-order valence-corrected chi connectivity index (χ4v) is 4.80. The van der Waals surface area contributed by atoms with E-state index in [1.54, 1.807) is 4.90 Å². The number of carbonyl (C=O) groups is 1. The van der Waals surface area contributed by atoms with Crippen LogP contribution in [-0.4, -0.2) is 55.9 Å². The Morgan fingerprint density at radius 1 is 1.32 bits per heavy atom. The lowest BCUT2D eigenvalue weighted by Gasteiger charge is -2.32. The molecule has 2 rings (SSSR count). The molecule has 110 valence electrons. The van der Waals surface area contributed by atoms with E-state index in [1.165, 1.54) is 0 Å². The van der Waals surface area contributed by atoms with E-state index in [2.05, 4.69) is 5.32 Å². The summed E-state index contributed by atoms with van der Waals surface area (Å²) < 4.78 is 24.2. The van der Waals surface area contributed by atoms with Gasteiger partial charge in [0.15, 0.2) is 9.84 Å². The van der Waals surface area contributed by atoms with Gasteiger partial charge in [-0.2, -0.15) is 0 Å². The zero-order valence-electron chi connectivity index (χ0n) is 11.6. The number of nitrogens with one attached hydrogen (secondary N) is 1. The third-order valence-corrected chi connectivity index (χ3v) is 6.39. The van der Waals surface area contributed by atoms with Crippen molar-refractivity contribution in [1.29, 1.82) is 0 Å².